The van der Waals surface area contributed by atoms with Gasteiger partial charge in [0.2, 0.25) is 5.91 Å². The maximum atomic E-state index is 12.2. The van der Waals surface area contributed by atoms with Gasteiger partial charge >= 0.3 is 0 Å². The summed E-state index contributed by atoms with van der Waals surface area (Å²) in [6.07, 6.45) is 3.35. The van der Waals surface area contributed by atoms with Crippen molar-refractivity contribution in [1.82, 2.24) is 10.6 Å². The van der Waals surface area contributed by atoms with Crippen LogP contribution in [-0.4, -0.2) is 32.1 Å². The highest BCUT2D eigenvalue weighted by Gasteiger charge is 2.57. The molecule has 1 aromatic rings. The molecule has 3 rings (SSSR count). The van der Waals surface area contributed by atoms with E-state index in [0.29, 0.717) is 18.6 Å². The molecule has 1 saturated carbocycles. The molecule has 1 aliphatic carbocycles. The van der Waals surface area contributed by atoms with E-state index in [9.17, 15) is 4.79 Å². The fraction of sp³-hybridized carbons (Fsp3) is 0.611. The molecule has 2 fully saturated rings. The smallest absolute Gasteiger partial charge is 0.223 e. The molecule has 128 valence electrons. The van der Waals surface area contributed by atoms with E-state index in [1.54, 1.807) is 0 Å². The van der Waals surface area contributed by atoms with Gasteiger partial charge in [-0.15, -0.1) is 12.4 Å². The SMILES string of the molecule is Cc1cc(C)cc(OCCNC(=O)C2CC23CCNCC3)c1.Cl. The van der Waals surface area contributed by atoms with Gasteiger partial charge in [0.1, 0.15) is 12.4 Å². The van der Waals surface area contributed by atoms with Crippen molar-refractivity contribution in [3.63, 3.8) is 0 Å². The van der Waals surface area contributed by atoms with E-state index >= 15 is 0 Å². The molecule has 4 nitrogen and oxygen atoms in total. The molecule has 1 spiro atoms. The Hall–Kier alpha value is -1.26. The topological polar surface area (TPSA) is 50.4 Å². The number of rotatable bonds is 5. The maximum Gasteiger partial charge on any atom is 0.223 e. The van der Waals surface area contributed by atoms with E-state index in [1.165, 1.54) is 11.1 Å². The van der Waals surface area contributed by atoms with Crippen LogP contribution in [0.2, 0.25) is 0 Å². The molecule has 2 N–H and O–H groups in total. The van der Waals surface area contributed by atoms with Crippen molar-refractivity contribution >= 4 is 18.3 Å². The Morgan fingerprint density at radius 2 is 1.91 bits per heavy atom. The summed E-state index contributed by atoms with van der Waals surface area (Å²) in [7, 11) is 0. The molecule has 2 aliphatic rings. The van der Waals surface area contributed by atoms with Crippen LogP contribution in [0.3, 0.4) is 0 Å². The summed E-state index contributed by atoms with van der Waals surface area (Å²) < 4.78 is 5.73. The zero-order valence-corrected chi connectivity index (χ0v) is 14.8. The van der Waals surface area contributed by atoms with Crippen molar-refractivity contribution < 1.29 is 9.53 Å². The number of amides is 1. The number of benzene rings is 1. The second kappa shape index (κ2) is 7.54. The summed E-state index contributed by atoms with van der Waals surface area (Å²) in [5.74, 6) is 1.33. The molecule has 0 bridgehead atoms. The summed E-state index contributed by atoms with van der Waals surface area (Å²) in [5, 5.41) is 6.40. The predicted octanol–water partition coefficient (Wildman–Crippen LogP) is 2.61. The summed E-state index contributed by atoms with van der Waals surface area (Å²) in [6, 6.07) is 6.18. The van der Waals surface area contributed by atoms with Crippen molar-refractivity contribution in [2.75, 3.05) is 26.2 Å². The van der Waals surface area contributed by atoms with Crippen LogP contribution in [0.25, 0.3) is 0 Å². The van der Waals surface area contributed by atoms with Gasteiger partial charge in [0.25, 0.3) is 0 Å². The van der Waals surface area contributed by atoms with Crippen molar-refractivity contribution in [2.45, 2.75) is 33.1 Å². The van der Waals surface area contributed by atoms with Crippen LogP contribution >= 0.6 is 12.4 Å². The molecule has 1 unspecified atom stereocenters. The second-order valence-electron chi connectivity index (χ2n) is 6.83. The normalized spacial score (nSPS) is 21.4. The van der Waals surface area contributed by atoms with Crippen LogP contribution < -0.4 is 15.4 Å². The first-order chi connectivity index (χ1) is 10.6. The van der Waals surface area contributed by atoms with E-state index in [4.69, 9.17) is 4.74 Å². The maximum absolute atomic E-state index is 12.2. The van der Waals surface area contributed by atoms with E-state index in [0.717, 1.165) is 38.1 Å². The quantitative estimate of drug-likeness (QED) is 0.811. The van der Waals surface area contributed by atoms with Gasteiger partial charge < -0.3 is 15.4 Å². The molecule has 5 heteroatoms. The summed E-state index contributed by atoms with van der Waals surface area (Å²) >= 11 is 0. The van der Waals surface area contributed by atoms with E-state index < -0.39 is 0 Å². The van der Waals surface area contributed by atoms with Crippen molar-refractivity contribution in [3.8, 4) is 5.75 Å². The summed E-state index contributed by atoms with van der Waals surface area (Å²) in [6.45, 7) is 7.34. The third-order valence-corrected chi connectivity index (χ3v) is 4.97. The first-order valence-electron chi connectivity index (χ1n) is 8.29. The van der Waals surface area contributed by atoms with Gasteiger partial charge in [0, 0.05) is 5.92 Å². The molecule has 23 heavy (non-hydrogen) atoms. The molecule has 0 radical (unpaired) electrons. The van der Waals surface area contributed by atoms with Gasteiger partial charge in [-0.3, -0.25) is 4.79 Å². The van der Waals surface area contributed by atoms with Gasteiger partial charge in [-0.05, 0) is 74.9 Å². The monoisotopic (exact) mass is 338 g/mol. The largest absolute Gasteiger partial charge is 0.492 e. The zero-order chi connectivity index (χ0) is 15.6. The highest BCUT2D eigenvalue weighted by atomic mass is 35.5. The van der Waals surface area contributed by atoms with E-state index in [2.05, 4.69) is 30.5 Å². The molecular weight excluding hydrogens is 312 g/mol. The molecule has 1 atom stereocenters. The first-order valence-corrected chi connectivity index (χ1v) is 8.29. The van der Waals surface area contributed by atoms with Gasteiger partial charge in [0.15, 0.2) is 0 Å². The Labute approximate surface area is 144 Å². The van der Waals surface area contributed by atoms with E-state index in [-0.39, 0.29) is 24.2 Å². The van der Waals surface area contributed by atoms with Crippen LogP contribution in [0.4, 0.5) is 0 Å². The minimum atomic E-state index is 0. The highest BCUT2D eigenvalue weighted by Crippen LogP contribution is 2.58. The number of piperidine rings is 1. The second-order valence-corrected chi connectivity index (χ2v) is 6.83. The minimum Gasteiger partial charge on any atom is -0.492 e. The van der Waals surface area contributed by atoms with Crippen LogP contribution in [0, 0.1) is 25.2 Å². The Morgan fingerprint density at radius 1 is 1.26 bits per heavy atom. The Bertz CT molecular complexity index is 536. The van der Waals surface area contributed by atoms with Gasteiger partial charge in [0.05, 0.1) is 6.54 Å². The number of aryl methyl sites for hydroxylation is 2. The number of halogens is 1. The summed E-state index contributed by atoms with van der Waals surface area (Å²) in [4.78, 5) is 12.2. The Kier molecular flexibility index (Phi) is 5.93. The molecular formula is C18H27ClN2O2. The lowest BCUT2D eigenvalue weighted by Gasteiger charge is -2.23. The number of nitrogens with one attached hydrogen (secondary N) is 2. The van der Waals surface area contributed by atoms with Crippen molar-refractivity contribution in [3.05, 3.63) is 29.3 Å². The minimum absolute atomic E-state index is 0. The van der Waals surface area contributed by atoms with Crippen LogP contribution in [0.5, 0.6) is 5.75 Å². The van der Waals surface area contributed by atoms with Gasteiger partial charge in [-0.1, -0.05) is 6.07 Å². The molecule has 1 aliphatic heterocycles. The zero-order valence-electron chi connectivity index (χ0n) is 14.0. The fourth-order valence-electron chi connectivity index (χ4n) is 3.68. The average molecular weight is 339 g/mol. The Balaban J connectivity index is 0.00000192. The fourth-order valence-corrected chi connectivity index (χ4v) is 3.68. The standard InChI is InChI=1S/C18H26N2O2.ClH/c1-13-9-14(2)11-15(10-13)22-8-7-20-17(21)16-12-18(16)3-5-19-6-4-18;/h9-11,16,19H,3-8,12H2,1-2H3,(H,20,21);1H. The van der Waals surface area contributed by atoms with Crippen LogP contribution in [0.15, 0.2) is 18.2 Å². The lowest BCUT2D eigenvalue weighted by molar-refractivity contribution is -0.123. The number of hydrogen-bond acceptors (Lipinski definition) is 3. The molecule has 1 saturated heterocycles. The number of ether oxygens (including phenoxy) is 1. The summed E-state index contributed by atoms with van der Waals surface area (Å²) in [5.41, 5.74) is 2.71. The first kappa shape index (κ1) is 18.1. The lowest BCUT2D eigenvalue weighted by atomic mass is 9.92. The molecule has 1 aromatic carbocycles. The number of hydrogen-bond donors (Lipinski definition) is 2. The molecule has 1 heterocycles. The van der Waals surface area contributed by atoms with Gasteiger partial charge in [-0.25, -0.2) is 0 Å². The van der Waals surface area contributed by atoms with Crippen LogP contribution in [-0.2, 0) is 4.79 Å². The molecule has 0 aromatic heterocycles. The highest BCUT2D eigenvalue weighted by molar-refractivity contribution is 5.85. The van der Waals surface area contributed by atoms with Crippen molar-refractivity contribution in [2.24, 2.45) is 11.3 Å². The predicted molar refractivity (Wildman–Crippen MR) is 94.3 cm³/mol. The third-order valence-electron chi connectivity index (χ3n) is 4.97. The number of carbonyl (C=O) groups is 1. The lowest BCUT2D eigenvalue weighted by Crippen LogP contribution is -2.35. The van der Waals surface area contributed by atoms with Crippen LogP contribution in [0.1, 0.15) is 30.4 Å². The Morgan fingerprint density at radius 3 is 2.57 bits per heavy atom. The molecule has 1 amide bonds. The average Bonchev–Trinajstić information content (AvgIpc) is 3.16. The van der Waals surface area contributed by atoms with Gasteiger partial charge in [-0.2, -0.15) is 0 Å². The van der Waals surface area contributed by atoms with E-state index in [1.807, 2.05) is 12.1 Å². The number of carbonyl (C=O) groups excluding carboxylic acids is 1. The van der Waals surface area contributed by atoms with Crippen molar-refractivity contribution in [1.29, 1.82) is 0 Å². The third kappa shape index (κ3) is 4.39.